The molecule has 1 heterocycles. The van der Waals surface area contributed by atoms with Crippen LogP contribution in [0.1, 0.15) is 47.7 Å². The molecule has 0 amide bonds. The van der Waals surface area contributed by atoms with Crippen LogP contribution in [0.15, 0.2) is 66.8 Å². The summed E-state index contributed by atoms with van der Waals surface area (Å²) in [4.78, 5) is 29.0. The summed E-state index contributed by atoms with van der Waals surface area (Å²) < 4.78 is 16.9. The number of methoxy groups -OCH3 is 2. The molecule has 2 aliphatic rings. The Bertz CT molecular complexity index is 1130. The van der Waals surface area contributed by atoms with Crippen molar-refractivity contribution >= 4 is 11.8 Å². The number of likely N-dealkylation sites (tertiary alicyclic amines) is 1. The van der Waals surface area contributed by atoms with Crippen LogP contribution in [0.4, 0.5) is 0 Å². The van der Waals surface area contributed by atoms with Crippen molar-refractivity contribution in [2.24, 2.45) is 5.92 Å². The minimum Gasteiger partial charge on any atom is -0.493 e. The monoisotopic (exact) mass is 489 g/mol. The van der Waals surface area contributed by atoms with E-state index in [1.807, 2.05) is 25.1 Å². The van der Waals surface area contributed by atoms with E-state index in [9.17, 15) is 9.59 Å². The predicted molar refractivity (Wildman–Crippen MR) is 139 cm³/mol. The van der Waals surface area contributed by atoms with Gasteiger partial charge in [0.1, 0.15) is 0 Å². The minimum absolute atomic E-state index is 0.155. The molecule has 0 spiro atoms. The number of piperidine rings is 1. The number of carbonyl (C=O) groups excluding carboxylic acids is 2. The quantitative estimate of drug-likeness (QED) is 0.275. The number of benzene rings is 2. The molecule has 0 N–H and O–H groups in total. The summed E-state index contributed by atoms with van der Waals surface area (Å²) in [5.74, 6) is 0.682. The van der Waals surface area contributed by atoms with Crippen LogP contribution in [-0.4, -0.2) is 49.6 Å². The molecule has 2 aromatic carbocycles. The zero-order valence-electron chi connectivity index (χ0n) is 21.4. The van der Waals surface area contributed by atoms with Crippen LogP contribution in [0.2, 0.25) is 0 Å². The van der Waals surface area contributed by atoms with Crippen LogP contribution in [0, 0.1) is 5.92 Å². The molecular weight excluding hydrogens is 454 g/mol. The van der Waals surface area contributed by atoms with E-state index < -0.39 is 11.6 Å². The van der Waals surface area contributed by atoms with E-state index in [1.165, 1.54) is 11.6 Å². The Kier molecular flexibility index (Phi) is 8.26. The van der Waals surface area contributed by atoms with Crippen molar-refractivity contribution in [3.8, 4) is 11.5 Å². The Labute approximate surface area is 213 Å². The lowest BCUT2D eigenvalue weighted by Gasteiger charge is -2.36. The third-order valence-corrected chi connectivity index (χ3v) is 7.15. The summed E-state index contributed by atoms with van der Waals surface area (Å²) in [6, 6.07) is 14.0. The van der Waals surface area contributed by atoms with Gasteiger partial charge in [0.2, 0.25) is 5.78 Å². The molecule has 2 aromatic rings. The van der Waals surface area contributed by atoms with Crippen LogP contribution in [-0.2, 0) is 22.5 Å². The van der Waals surface area contributed by atoms with Gasteiger partial charge in [0, 0.05) is 24.6 Å². The predicted octanol–water partition coefficient (Wildman–Crippen LogP) is 5.16. The van der Waals surface area contributed by atoms with Gasteiger partial charge in [-0.15, -0.1) is 0 Å². The third-order valence-electron chi connectivity index (χ3n) is 7.15. The van der Waals surface area contributed by atoms with Crippen molar-refractivity contribution in [2.45, 2.75) is 44.8 Å². The molecule has 1 aliphatic carbocycles. The molecule has 1 atom stereocenters. The van der Waals surface area contributed by atoms with Gasteiger partial charge in [0.25, 0.3) is 0 Å². The summed E-state index contributed by atoms with van der Waals surface area (Å²) in [5, 5.41) is 0. The largest absolute Gasteiger partial charge is 0.493 e. The van der Waals surface area contributed by atoms with Crippen molar-refractivity contribution < 1.29 is 23.8 Å². The Hall–Kier alpha value is -3.38. The molecule has 1 unspecified atom stereocenters. The topological polar surface area (TPSA) is 65.1 Å². The van der Waals surface area contributed by atoms with E-state index in [2.05, 4.69) is 29.2 Å². The first-order chi connectivity index (χ1) is 17.5. The second-order valence-corrected chi connectivity index (χ2v) is 9.58. The molecule has 1 fully saturated rings. The first-order valence-electron chi connectivity index (χ1n) is 12.6. The van der Waals surface area contributed by atoms with Gasteiger partial charge >= 0.3 is 5.97 Å². The summed E-state index contributed by atoms with van der Waals surface area (Å²) in [5.41, 5.74) is 1.45. The number of fused-ring (bicyclic) bond motifs is 1. The van der Waals surface area contributed by atoms with E-state index in [0.29, 0.717) is 29.9 Å². The molecule has 0 aromatic heterocycles. The molecule has 4 rings (SSSR count). The number of Topliss-reactive ketones (excluding diaryl/α,β-unsaturated/α-hetero) is 1. The van der Waals surface area contributed by atoms with Gasteiger partial charge in [-0.3, -0.25) is 9.69 Å². The fourth-order valence-electron chi connectivity index (χ4n) is 5.33. The second-order valence-electron chi connectivity index (χ2n) is 9.58. The molecule has 6 heteroatoms. The zero-order valence-corrected chi connectivity index (χ0v) is 21.4. The van der Waals surface area contributed by atoms with Crippen LogP contribution >= 0.6 is 0 Å². The Morgan fingerprint density at radius 3 is 2.42 bits per heavy atom. The lowest BCUT2D eigenvalue weighted by molar-refractivity contribution is -0.150. The van der Waals surface area contributed by atoms with Gasteiger partial charge in [-0.05, 0) is 68.5 Å². The van der Waals surface area contributed by atoms with E-state index in [0.717, 1.165) is 38.0 Å². The minimum atomic E-state index is -1.22. The van der Waals surface area contributed by atoms with Crippen molar-refractivity contribution in [3.05, 3.63) is 83.5 Å². The molecule has 0 radical (unpaired) electrons. The van der Waals surface area contributed by atoms with E-state index >= 15 is 0 Å². The van der Waals surface area contributed by atoms with Crippen molar-refractivity contribution in [1.82, 2.24) is 4.90 Å². The second kappa shape index (κ2) is 11.6. The van der Waals surface area contributed by atoms with Gasteiger partial charge in [-0.2, -0.15) is 0 Å². The lowest BCUT2D eigenvalue weighted by atomic mass is 9.82. The SMILES string of the molecule is C/C=C/C=C/C(=O)OC1(CC2CCN(Cc3ccccc3)CC2)Cc2cc(OC)c(OC)cc2C1=O. The molecule has 0 bridgehead atoms. The van der Waals surface area contributed by atoms with Gasteiger partial charge in [-0.25, -0.2) is 4.79 Å². The summed E-state index contributed by atoms with van der Waals surface area (Å²) in [6.07, 6.45) is 9.36. The first-order valence-corrected chi connectivity index (χ1v) is 12.6. The van der Waals surface area contributed by atoms with Crippen LogP contribution < -0.4 is 9.47 Å². The van der Waals surface area contributed by atoms with Crippen molar-refractivity contribution in [2.75, 3.05) is 27.3 Å². The van der Waals surface area contributed by atoms with Crippen LogP contribution in [0.25, 0.3) is 0 Å². The van der Waals surface area contributed by atoms with Crippen LogP contribution in [0.3, 0.4) is 0 Å². The van der Waals surface area contributed by atoms with Crippen molar-refractivity contribution in [1.29, 1.82) is 0 Å². The molecule has 0 saturated carbocycles. The highest BCUT2D eigenvalue weighted by atomic mass is 16.6. The maximum atomic E-state index is 13.8. The van der Waals surface area contributed by atoms with E-state index in [-0.39, 0.29) is 11.7 Å². The fourth-order valence-corrected chi connectivity index (χ4v) is 5.33. The number of hydrogen-bond donors (Lipinski definition) is 0. The molecule has 6 nitrogen and oxygen atoms in total. The number of carbonyl (C=O) groups is 2. The van der Waals surface area contributed by atoms with Crippen LogP contribution in [0.5, 0.6) is 11.5 Å². The molecule has 1 aliphatic heterocycles. The standard InChI is InChI=1S/C30H35NO5/c1-4-5-7-12-28(32)36-30(20-24-17-26(34-2)27(35-3)18-25(24)29(30)33)19-22-13-15-31(16-14-22)21-23-10-8-6-9-11-23/h4-12,17-18,22H,13-16,19-21H2,1-3H3/b5-4+,12-7+. The average molecular weight is 490 g/mol. The molecule has 1 saturated heterocycles. The number of ketones is 1. The number of esters is 1. The normalized spacial score (nSPS) is 20.7. The fraction of sp³-hybridized carbons (Fsp3) is 0.400. The Balaban J connectivity index is 1.52. The van der Waals surface area contributed by atoms with Gasteiger partial charge < -0.3 is 14.2 Å². The maximum Gasteiger partial charge on any atom is 0.331 e. The smallest absolute Gasteiger partial charge is 0.331 e. The Morgan fingerprint density at radius 1 is 1.06 bits per heavy atom. The first kappa shape index (κ1) is 25.7. The van der Waals surface area contributed by atoms with E-state index in [1.54, 1.807) is 32.4 Å². The van der Waals surface area contributed by atoms with E-state index in [4.69, 9.17) is 14.2 Å². The lowest BCUT2D eigenvalue weighted by Crippen LogP contribution is -2.45. The number of rotatable bonds is 9. The summed E-state index contributed by atoms with van der Waals surface area (Å²) in [6.45, 7) is 4.70. The molecule has 190 valence electrons. The van der Waals surface area contributed by atoms with Gasteiger partial charge in [0.05, 0.1) is 14.2 Å². The molecular formula is C30H35NO5. The Morgan fingerprint density at radius 2 is 1.75 bits per heavy atom. The number of ether oxygens (including phenoxy) is 3. The highest BCUT2D eigenvalue weighted by molar-refractivity contribution is 6.08. The third kappa shape index (κ3) is 5.71. The molecule has 36 heavy (non-hydrogen) atoms. The maximum absolute atomic E-state index is 13.8. The van der Waals surface area contributed by atoms with Gasteiger partial charge in [0.15, 0.2) is 17.1 Å². The average Bonchev–Trinajstić information content (AvgIpc) is 3.15. The number of allylic oxidation sites excluding steroid dienone is 3. The van der Waals surface area contributed by atoms with Gasteiger partial charge in [-0.1, -0.05) is 48.6 Å². The highest BCUT2D eigenvalue weighted by Gasteiger charge is 2.50. The summed E-state index contributed by atoms with van der Waals surface area (Å²) >= 11 is 0. The summed E-state index contributed by atoms with van der Waals surface area (Å²) in [7, 11) is 3.12. The van der Waals surface area contributed by atoms with Crippen molar-refractivity contribution in [3.63, 3.8) is 0 Å². The number of nitrogens with zero attached hydrogens (tertiary/aromatic N) is 1. The number of hydrogen-bond acceptors (Lipinski definition) is 6. The zero-order chi connectivity index (χ0) is 25.5. The highest BCUT2D eigenvalue weighted by Crippen LogP contribution is 2.43.